The SMILES string of the molecule is CC=O.CCCCCOc1ccccc1-c1ccccc1. The highest BCUT2D eigenvalue weighted by molar-refractivity contribution is 5.70. The van der Waals surface area contributed by atoms with Crippen LogP contribution < -0.4 is 4.74 Å². The van der Waals surface area contributed by atoms with Crippen LogP contribution in [0, 0.1) is 0 Å². The molecule has 2 aromatic carbocycles. The van der Waals surface area contributed by atoms with Gasteiger partial charge in [0.2, 0.25) is 0 Å². The van der Waals surface area contributed by atoms with Gasteiger partial charge in [0, 0.05) is 5.56 Å². The second kappa shape index (κ2) is 10.7. The molecule has 0 bridgehead atoms. The molecule has 0 aliphatic carbocycles. The van der Waals surface area contributed by atoms with Gasteiger partial charge in [-0.2, -0.15) is 0 Å². The number of hydrogen-bond acceptors (Lipinski definition) is 2. The molecule has 0 radical (unpaired) electrons. The minimum atomic E-state index is 0.750. The molecule has 112 valence electrons. The van der Waals surface area contributed by atoms with Crippen LogP contribution in [0.25, 0.3) is 11.1 Å². The summed E-state index contributed by atoms with van der Waals surface area (Å²) in [6.07, 6.45) is 4.33. The third kappa shape index (κ3) is 6.26. The van der Waals surface area contributed by atoms with Gasteiger partial charge in [0.05, 0.1) is 6.61 Å². The van der Waals surface area contributed by atoms with Crippen LogP contribution in [-0.2, 0) is 4.79 Å². The van der Waals surface area contributed by atoms with Crippen molar-refractivity contribution in [2.45, 2.75) is 33.1 Å². The average Bonchev–Trinajstić information content (AvgIpc) is 2.54. The van der Waals surface area contributed by atoms with Gasteiger partial charge in [0.15, 0.2) is 0 Å². The summed E-state index contributed by atoms with van der Waals surface area (Å²) in [6.45, 7) is 4.45. The summed E-state index contributed by atoms with van der Waals surface area (Å²) in [7, 11) is 0. The summed E-state index contributed by atoms with van der Waals surface area (Å²) >= 11 is 0. The third-order valence-electron chi connectivity index (χ3n) is 2.98. The molecule has 0 unspecified atom stereocenters. The Kier molecular flexibility index (Phi) is 8.62. The fourth-order valence-electron chi connectivity index (χ4n) is 1.98. The second-order valence-electron chi connectivity index (χ2n) is 4.65. The summed E-state index contributed by atoms with van der Waals surface area (Å²) in [5.74, 6) is 0.986. The van der Waals surface area contributed by atoms with Crippen molar-refractivity contribution in [3.63, 3.8) is 0 Å². The first-order chi connectivity index (χ1) is 10.3. The molecule has 0 saturated carbocycles. The van der Waals surface area contributed by atoms with Crippen molar-refractivity contribution >= 4 is 6.29 Å². The van der Waals surface area contributed by atoms with E-state index in [2.05, 4.69) is 43.3 Å². The van der Waals surface area contributed by atoms with Crippen molar-refractivity contribution in [1.29, 1.82) is 0 Å². The zero-order valence-corrected chi connectivity index (χ0v) is 12.9. The number of aldehydes is 1. The minimum Gasteiger partial charge on any atom is -0.493 e. The normalized spacial score (nSPS) is 9.43. The lowest BCUT2D eigenvalue weighted by molar-refractivity contribution is -0.106. The van der Waals surface area contributed by atoms with E-state index in [9.17, 15) is 0 Å². The number of hydrogen-bond donors (Lipinski definition) is 0. The van der Waals surface area contributed by atoms with E-state index in [1.807, 2.05) is 18.2 Å². The topological polar surface area (TPSA) is 26.3 Å². The van der Waals surface area contributed by atoms with Gasteiger partial charge < -0.3 is 9.53 Å². The number of benzene rings is 2. The molecular weight excluding hydrogens is 260 g/mol. The number of ether oxygens (including phenoxy) is 1. The number of carbonyl (C=O) groups excluding carboxylic acids is 1. The first kappa shape index (κ1) is 17.0. The Hall–Kier alpha value is -2.09. The standard InChI is InChI=1S/C17H20O.C2H4O/c1-2-3-9-14-18-17-13-8-7-12-16(17)15-10-5-4-6-11-15;1-2-3/h4-8,10-13H,2-3,9,14H2,1H3;2H,1H3. The summed E-state index contributed by atoms with van der Waals surface area (Å²) in [6, 6.07) is 18.6. The Morgan fingerprint density at radius 3 is 2.24 bits per heavy atom. The van der Waals surface area contributed by atoms with Gasteiger partial charge in [-0.25, -0.2) is 0 Å². The van der Waals surface area contributed by atoms with E-state index in [0.717, 1.165) is 25.1 Å². The lowest BCUT2D eigenvalue weighted by Gasteiger charge is -2.11. The van der Waals surface area contributed by atoms with E-state index in [1.54, 1.807) is 0 Å². The summed E-state index contributed by atoms with van der Waals surface area (Å²) < 4.78 is 5.89. The van der Waals surface area contributed by atoms with Crippen LogP contribution in [0.1, 0.15) is 33.1 Å². The molecule has 0 fully saturated rings. The summed E-state index contributed by atoms with van der Waals surface area (Å²) in [5, 5.41) is 0. The Labute approximate surface area is 127 Å². The zero-order chi connectivity index (χ0) is 15.3. The van der Waals surface area contributed by atoms with Crippen LogP contribution in [0.5, 0.6) is 5.75 Å². The monoisotopic (exact) mass is 284 g/mol. The van der Waals surface area contributed by atoms with Crippen LogP contribution >= 0.6 is 0 Å². The summed E-state index contributed by atoms with van der Waals surface area (Å²) in [5.41, 5.74) is 2.39. The molecule has 2 rings (SSSR count). The quantitative estimate of drug-likeness (QED) is 0.543. The maximum absolute atomic E-state index is 8.81. The lowest BCUT2D eigenvalue weighted by Crippen LogP contribution is -1.98. The highest BCUT2D eigenvalue weighted by atomic mass is 16.5. The van der Waals surface area contributed by atoms with Crippen molar-refractivity contribution in [3.05, 3.63) is 54.6 Å². The van der Waals surface area contributed by atoms with Crippen molar-refractivity contribution in [3.8, 4) is 16.9 Å². The third-order valence-corrected chi connectivity index (χ3v) is 2.98. The maximum atomic E-state index is 8.81. The fourth-order valence-corrected chi connectivity index (χ4v) is 1.98. The van der Waals surface area contributed by atoms with E-state index < -0.39 is 0 Å². The minimum absolute atomic E-state index is 0.750. The molecule has 0 heterocycles. The fraction of sp³-hybridized carbons (Fsp3) is 0.316. The van der Waals surface area contributed by atoms with Gasteiger partial charge in [-0.1, -0.05) is 68.3 Å². The molecule has 0 aromatic heterocycles. The largest absolute Gasteiger partial charge is 0.493 e. The van der Waals surface area contributed by atoms with Crippen molar-refractivity contribution < 1.29 is 9.53 Å². The van der Waals surface area contributed by atoms with Gasteiger partial charge in [-0.05, 0) is 25.0 Å². The van der Waals surface area contributed by atoms with E-state index in [4.69, 9.17) is 9.53 Å². The van der Waals surface area contributed by atoms with E-state index >= 15 is 0 Å². The number of para-hydroxylation sites is 1. The number of rotatable bonds is 6. The highest BCUT2D eigenvalue weighted by Crippen LogP contribution is 2.29. The van der Waals surface area contributed by atoms with E-state index in [-0.39, 0.29) is 0 Å². The number of unbranched alkanes of at least 4 members (excludes halogenated alkanes) is 2. The molecule has 0 aliphatic rings. The predicted octanol–water partition coefficient (Wildman–Crippen LogP) is 5.13. The van der Waals surface area contributed by atoms with Crippen LogP contribution in [0.2, 0.25) is 0 Å². The van der Waals surface area contributed by atoms with Crippen LogP contribution in [0.15, 0.2) is 54.6 Å². The Balaban J connectivity index is 0.000000677. The van der Waals surface area contributed by atoms with Crippen molar-refractivity contribution in [2.75, 3.05) is 6.61 Å². The Morgan fingerprint density at radius 1 is 0.952 bits per heavy atom. The van der Waals surface area contributed by atoms with Crippen LogP contribution in [0.4, 0.5) is 0 Å². The van der Waals surface area contributed by atoms with Gasteiger partial charge in [-0.15, -0.1) is 0 Å². The first-order valence-corrected chi connectivity index (χ1v) is 7.50. The number of carbonyl (C=O) groups is 1. The molecular formula is C19H24O2. The second-order valence-corrected chi connectivity index (χ2v) is 4.65. The smallest absolute Gasteiger partial charge is 0.127 e. The molecule has 0 atom stereocenters. The van der Waals surface area contributed by atoms with Gasteiger partial charge in [-0.3, -0.25) is 0 Å². The van der Waals surface area contributed by atoms with Gasteiger partial charge in [0.25, 0.3) is 0 Å². The van der Waals surface area contributed by atoms with Crippen LogP contribution in [0.3, 0.4) is 0 Å². The van der Waals surface area contributed by atoms with Gasteiger partial charge in [0.1, 0.15) is 12.0 Å². The molecule has 0 saturated heterocycles. The molecule has 2 nitrogen and oxygen atoms in total. The Bertz CT molecular complexity index is 506. The maximum Gasteiger partial charge on any atom is 0.127 e. The van der Waals surface area contributed by atoms with E-state index in [1.165, 1.54) is 30.9 Å². The van der Waals surface area contributed by atoms with Crippen molar-refractivity contribution in [2.24, 2.45) is 0 Å². The van der Waals surface area contributed by atoms with E-state index in [0.29, 0.717) is 0 Å². The first-order valence-electron chi connectivity index (χ1n) is 7.50. The molecule has 0 aliphatic heterocycles. The van der Waals surface area contributed by atoms with Crippen molar-refractivity contribution in [1.82, 2.24) is 0 Å². The van der Waals surface area contributed by atoms with Crippen LogP contribution in [-0.4, -0.2) is 12.9 Å². The molecule has 2 aromatic rings. The highest BCUT2D eigenvalue weighted by Gasteiger charge is 2.04. The molecule has 0 amide bonds. The average molecular weight is 284 g/mol. The molecule has 2 heteroatoms. The molecule has 0 N–H and O–H groups in total. The Morgan fingerprint density at radius 2 is 1.57 bits per heavy atom. The summed E-state index contributed by atoms with van der Waals surface area (Å²) in [4.78, 5) is 8.81. The predicted molar refractivity (Wildman–Crippen MR) is 88.6 cm³/mol. The van der Waals surface area contributed by atoms with Gasteiger partial charge >= 0.3 is 0 Å². The molecule has 21 heavy (non-hydrogen) atoms. The lowest BCUT2D eigenvalue weighted by atomic mass is 10.1. The molecule has 0 spiro atoms. The zero-order valence-electron chi connectivity index (χ0n) is 12.9.